The minimum absolute atomic E-state index is 0.00402. The fourth-order valence-corrected chi connectivity index (χ4v) is 1.16. The van der Waals surface area contributed by atoms with Crippen molar-refractivity contribution in [3.05, 3.63) is 30.0 Å². The summed E-state index contributed by atoms with van der Waals surface area (Å²) >= 11 is 0. The van der Waals surface area contributed by atoms with Crippen LogP contribution in [0.25, 0.3) is 5.82 Å². The number of carbonyl (C=O) groups is 1. The van der Waals surface area contributed by atoms with Crippen molar-refractivity contribution in [3.63, 3.8) is 0 Å². The smallest absolute Gasteiger partial charge is 0.435 e. The number of aromatic nitrogens is 5. The van der Waals surface area contributed by atoms with Crippen molar-refractivity contribution in [1.29, 1.82) is 0 Å². The average Bonchev–Trinajstić information content (AvgIpc) is 2.86. The Morgan fingerprint density at radius 2 is 2.05 bits per heavy atom. The van der Waals surface area contributed by atoms with Gasteiger partial charge in [0, 0.05) is 0 Å². The van der Waals surface area contributed by atoms with Crippen LogP contribution in [0, 0.1) is 0 Å². The van der Waals surface area contributed by atoms with Gasteiger partial charge in [-0.2, -0.15) is 17.9 Å². The number of carbonyl (C=O) groups excluding carboxylic acids is 1. The van der Waals surface area contributed by atoms with Crippen molar-refractivity contribution < 1.29 is 22.7 Å². The summed E-state index contributed by atoms with van der Waals surface area (Å²) < 4.78 is 42.2. The highest BCUT2D eigenvalue weighted by atomic mass is 19.4. The molecule has 0 aliphatic heterocycles. The third-order valence-corrected chi connectivity index (χ3v) is 2.04. The summed E-state index contributed by atoms with van der Waals surface area (Å²) in [6.07, 6.45) is -3.45. The van der Waals surface area contributed by atoms with Crippen molar-refractivity contribution in [2.24, 2.45) is 0 Å². The van der Waals surface area contributed by atoms with Gasteiger partial charge >= 0.3 is 12.1 Å². The molecule has 100 valence electrons. The van der Waals surface area contributed by atoms with Crippen LogP contribution in [-0.4, -0.2) is 38.0 Å². The highest BCUT2D eigenvalue weighted by Gasteiger charge is 2.33. The minimum atomic E-state index is -4.56. The van der Waals surface area contributed by atoms with Gasteiger partial charge in [0.2, 0.25) is 0 Å². The van der Waals surface area contributed by atoms with E-state index in [4.69, 9.17) is 0 Å². The fourth-order valence-electron chi connectivity index (χ4n) is 1.16. The van der Waals surface area contributed by atoms with E-state index in [2.05, 4.69) is 25.0 Å². The van der Waals surface area contributed by atoms with Gasteiger partial charge in [-0.15, -0.1) is 15.3 Å². The van der Waals surface area contributed by atoms with Crippen LogP contribution in [0.3, 0.4) is 0 Å². The Kier molecular flexibility index (Phi) is 3.15. The molecule has 0 saturated heterocycles. The number of alkyl halides is 3. The minimum Gasteiger partial charge on any atom is -0.463 e. The average molecular weight is 273 g/mol. The van der Waals surface area contributed by atoms with Crippen molar-refractivity contribution in [2.45, 2.75) is 6.18 Å². The molecular formula is C9H6F3N5O2. The van der Waals surface area contributed by atoms with Gasteiger partial charge in [-0.3, -0.25) is 0 Å². The van der Waals surface area contributed by atoms with Crippen molar-refractivity contribution in [3.8, 4) is 5.82 Å². The lowest BCUT2D eigenvalue weighted by atomic mass is 10.4. The maximum atomic E-state index is 12.3. The van der Waals surface area contributed by atoms with E-state index in [1.165, 1.54) is 0 Å². The number of methoxy groups -OCH3 is 1. The molecule has 2 rings (SSSR count). The molecule has 0 fully saturated rings. The normalized spacial score (nSPS) is 11.4. The summed E-state index contributed by atoms with van der Waals surface area (Å²) in [4.78, 5) is 14.7. The van der Waals surface area contributed by atoms with Gasteiger partial charge in [0.15, 0.2) is 11.5 Å². The maximum absolute atomic E-state index is 12.3. The summed E-state index contributed by atoms with van der Waals surface area (Å²) in [5.41, 5.74) is -1.12. The quantitative estimate of drug-likeness (QED) is 0.755. The molecule has 0 atom stereocenters. The number of ether oxygens (including phenoxy) is 1. The van der Waals surface area contributed by atoms with Gasteiger partial charge in [-0.25, -0.2) is 9.78 Å². The molecule has 2 heterocycles. The first-order chi connectivity index (χ1) is 8.91. The third kappa shape index (κ3) is 2.67. The van der Waals surface area contributed by atoms with E-state index < -0.39 is 17.8 Å². The molecule has 10 heteroatoms. The zero-order chi connectivity index (χ0) is 14.0. The number of halogens is 3. The van der Waals surface area contributed by atoms with Crippen LogP contribution in [-0.2, 0) is 10.9 Å². The van der Waals surface area contributed by atoms with Gasteiger partial charge in [-0.1, -0.05) is 0 Å². The van der Waals surface area contributed by atoms with Crippen LogP contribution in [0.1, 0.15) is 16.3 Å². The van der Waals surface area contributed by atoms with E-state index in [-0.39, 0.29) is 11.6 Å². The van der Waals surface area contributed by atoms with Crippen LogP contribution in [0.4, 0.5) is 13.2 Å². The lowest BCUT2D eigenvalue weighted by Crippen LogP contribution is -2.11. The first-order valence-corrected chi connectivity index (χ1v) is 4.83. The lowest BCUT2D eigenvalue weighted by Gasteiger charge is -2.04. The predicted octanol–water partition coefficient (Wildman–Crippen LogP) is 0.863. The Balaban J connectivity index is 2.28. The number of rotatable bonds is 2. The SMILES string of the molecule is COC(=O)c1ncn(-c2ccc(C(F)(F)F)nn2)n1. The molecule has 0 bridgehead atoms. The second-order valence-electron chi connectivity index (χ2n) is 3.28. The monoisotopic (exact) mass is 273 g/mol. The van der Waals surface area contributed by atoms with Gasteiger partial charge < -0.3 is 4.74 Å². The van der Waals surface area contributed by atoms with E-state index in [1.807, 2.05) is 0 Å². The summed E-state index contributed by atoms with van der Waals surface area (Å²) in [5, 5.41) is 10.1. The predicted molar refractivity (Wildman–Crippen MR) is 53.3 cm³/mol. The molecule has 2 aromatic rings. The summed E-state index contributed by atoms with van der Waals surface area (Å²) in [6, 6.07) is 1.81. The van der Waals surface area contributed by atoms with Gasteiger partial charge in [0.25, 0.3) is 5.82 Å². The van der Waals surface area contributed by atoms with Gasteiger partial charge in [-0.05, 0) is 12.1 Å². The Morgan fingerprint density at radius 1 is 1.32 bits per heavy atom. The zero-order valence-corrected chi connectivity index (χ0v) is 9.42. The van der Waals surface area contributed by atoms with Crippen LogP contribution in [0.2, 0.25) is 0 Å². The molecule has 0 N–H and O–H groups in total. The van der Waals surface area contributed by atoms with Crippen molar-refractivity contribution >= 4 is 5.97 Å². The second kappa shape index (κ2) is 4.63. The molecule has 0 radical (unpaired) electrons. The first-order valence-electron chi connectivity index (χ1n) is 4.83. The molecule has 0 saturated carbocycles. The topological polar surface area (TPSA) is 82.8 Å². The molecule has 0 aliphatic carbocycles. The highest BCUT2D eigenvalue weighted by Crippen LogP contribution is 2.26. The molecule has 19 heavy (non-hydrogen) atoms. The highest BCUT2D eigenvalue weighted by molar-refractivity contribution is 5.84. The summed E-state index contributed by atoms with van der Waals surface area (Å²) in [5.74, 6) is -1.00. The van der Waals surface area contributed by atoms with Crippen LogP contribution in [0.15, 0.2) is 18.5 Å². The second-order valence-corrected chi connectivity index (χ2v) is 3.28. The van der Waals surface area contributed by atoms with Gasteiger partial charge in [0.05, 0.1) is 7.11 Å². The van der Waals surface area contributed by atoms with Crippen LogP contribution >= 0.6 is 0 Å². The van der Waals surface area contributed by atoms with E-state index >= 15 is 0 Å². The summed E-state index contributed by atoms with van der Waals surface area (Å²) in [6.45, 7) is 0. The number of hydrogen-bond acceptors (Lipinski definition) is 6. The third-order valence-electron chi connectivity index (χ3n) is 2.04. The Bertz CT molecular complexity index is 593. The molecule has 0 spiro atoms. The summed E-state index contributed by atoms with van der Waals surface area (Å²) in [7, 11) is 1.15. The Hall–Kier alpha value is -2.52. The van der Waals surface area contributed by atoms with Crippen LogP contribution < -0.4 is 0 Å². The molecule has 0 aromatic carbocycles. The maximum Gasteiger partial charge on any atom is 0.435 e. The molecule has 7 nitrogen and oxygen atoms in total. The fraction of sp³-hybridized carbons (Fsp3) is 0.222. The van der Waals surface area contributed by atoms with Gasteiger partial charge in [0.1, 0.15) is 6.33 Å². The van der Waals surface area contributed by atoms with Crippen LogP contribution in [0.5, 0.6) is 0 Å². The zero-order valence-electron chi connectivity index (χ0n) is 9.42. The Morgan fingerprint density at radius 3 is 2.58 bits per heavy atom. The van der Waals surface area contributed by atoms with E-state index in [0.29, 0.717) is 0 Å². The molecule has 2 aromatic heterocycles. The molecule has 0 unspecified atom stereocenters. The number of esters is 1. The van der Waals surface area contributed by atoms with E-state index in [0.717, 1.165) is 30.3 Å². The standard InChI is InChI=1S/C9H6F3N5O2/c1-19-8(18)7-13-4-17(16-7)6-3-2-5(14-15-6)9(10,11)12/h2-4H,1H3. The van der Waals surface area contributed by atoms with E-state index in [9.17, 15) is 18.0 Å². The molecule has 0 amide bonds. The van der Waals surface area contributed by atoms with E-state index in [1.54, 1.807) is 0 Å². The molecular weight excluding hydrogens is 267 g/mol. The van der Waals surface area contributed by atoms with Crippen molar-refractivity contribution in [2.75, 3.05) is 7.11 Å². The number of hydrogen-bond donors (Lipinski definition) is 0. The number of nitrogens with zero attached hydrogens (tertiary/aromatic N) is 5. The van der Waals surface area contributed by atoms with Crippen molar-refractivity contribution in [1.82, 2.24) is 25.0 Å². The lowest BCUT2D eigenvalue weighted by molar-refractivity contribution is -0.141. The largest absolute Gasteiger partial charge is 0.463 e. The first kappa shape index (κ1) is 12.9. The Labute approximate surface area is 104 Å². The molecule has 0 aliphatic rings.